The topological polar surface area (TPSA) is 18.5 Å². The van der Waals surface area contributed by atoms with Crippen LogP contribution in [0.3, 0.4) is 0 Å². The van der Waals surface area contributed by atoms with Gasteiger partial charge < -0.3 is 9.47 Å². The van der Waals surface area contributed by atoms with E-state index in [4.69, 9.17) is 9.47 Å². The third kappa shape index (κ3) is 1.30. The maximum atomic E-state index is 5.68. The van der Waals surface area contributed by atoms with Crippen molar-refractivity contribution in [3.8, 4) is 0 Å². The van der Waals surface area contributed by atoms with Crippen LogP contribution in [0.1, 0.15) is 32.6 Å². The standard InChI is InChI=1S/C9H16O2/c1-2-8-6-10-9(11-7-8)4-3-5-9/h8H,2-7H2,1H3. The zero-order valence-electron chi connectivity index (χ0n) is 7.14. The molecule has 0 N–H and O–H groups in total. The van der Waals surface area contributed by atoms with Crippen LogP contribution in [-0.2, 0) is 9.47 Å². The average molecular weight is 156 g/mol. The van der Waals surface area contributed by atoms with Crippen LogP contribution in [0, 0.1) is 5.92 Å². The summed E-state index contributed by atoms with van der Waals surface area (Å²) in [5.74, 6) is 0.521. The molecule has 11 heavy (non-hydrogen) atoms. The molecule has 1 aliphatic heterocycles. The highest BCUT2D eigenvalue weighted by Crippen LogP contribution is 2.39. The van der Waals surface area contributed by atoms with Crippen molar-refractivity contribution in [1.82, 2.24) is 0 Å². The summed E-state index contributed by atoms with van der Waals surface area (Å²) in [6.45, 7) is 4.02. The normalized spacial score (nSPS) is 30.3. The maximum Gasteiger partial charge on any atom is 0.168 e. The lowest BCUT2D eigenvalue weighted by atomic mass is 9.89. The summed E-state index contributed by atoms with van der Waals surface area (Å²) in [6, 6.07) is 0. The third-order valence-corrected chi connectivity index (χ3v) is 2.86. The Morgan fingerprint density at radius 1 is 1.27 bits per heavy atom. The predicted molar refractivity (Wildman–Crippen MR) is 42.3 cm³/mol. The van der Waals surface area contributed by atoms with Crippen LogP contribution in [-0.4, -0.2) is 19.0 Å². The van der Waals surface area contributed by atoms with E-state index in [1.54, 1.807) is 0 Å². The number of ether oxygens (including phenoxy) is 2. The summed E-state index contributed by atoms with van der Waals surface area (Å²) in [7, 11) is 0. The van der Waals surface area contributed by atoms with Crippen molar-refractivity contribution >= 4 is 0 Å². The van der Waals surface area contributed by atoms with E-state index in [2.05, 4.69) is 6.92 Å². The van der Waals surface area contributed by atoms with Gasteiger partial charge in [0.1, 0.15) is 0 Å². The zero-order valence-corrected chi connectivity index (χ0v) is 7.14. The van der Waals surface area contributed by atoms with Gasteiger partial charge in [0, 0.05) is 18.8 Å². The van der Waals surface area contributed by atoms with Crippen LogP contribution in [0.25, 0.3) is 0 Å². The first-order valence-corrected chi connectivity index (χ1v) is 4.62. The van der Waals surface area contributed by atoms with Gasteiger partial charge >= 0.3 is 0 Å². The summed E-state index contributed by atoms with van der Waals surface area (Å²) < 4.78 is 11.4. The Labute approximate surface area is 67.9 Å². The first-order chi connectivity index (χ1) is 5.35. The highest BCUT2D eigenvalue weighted by atomic mass is 16.7. The van der Waals surface area contributed by atoms with Gasteiger partial charge in [-0.1, -0.05) is 6.92 Å². The Kier molecular flexibility index (Phi) is 1.90. The lowest BCUT2D eigenvalue weighted by molar-refractivity contribution is -0.316. The van der Waals surface area contributed by atoms with Crippen molar-refractivity contribution in [2.45, 2.75) is 38.4 Å². The van der Waals surface area contributed by atoms with Gasteiger partial charge in [-0.3, -0.25) is 0 Å². The molecule has 2 heteroatoms. The van der Waals surface area contributed by atoms with E-state index < -0.39 is 0 Å². The molecule has 1 saturated heterocycles. The SMILES string of the molecule is CCC1COC2(CCC2)OC1. The van der Waals surface area contributed by atoms with Gasteiger partial charge in [0.25, 0.3) is 0 Å². The van der Waals surface area contributed by atoms with Gasteiger partial charge in [-0.05, 0) is 12.8 Å². The highest BCUT2D eigenvalue weighted by molar-refractivity contribution is 4.83. The smallest absolute Gasteiger partial charge is 0.168 e. The predicted octanol–water partition coefficient (Wildman–Crippen LogP) is 1.94. The molecule has 0 aromatic carbocycles. The molecule has 1 aliphatic carbocycles. The van der Waals surface area contributed by atoms with E-state index in [0.717, 1.165) is 26.1 Å². The Hall–Kier alpha value is -0.0800. The monoisotopic (exact) mass is 156 g/mol. The summed E-state index contributed by atoms with van der Waals surface area (Å²) >= 11 is 0. The van der Waals surface area contributed by atoms with Gasteiger partial charge in [0.15, 0.2) is 5.79 Å². The van der Waals surface area contributed by atoms with Crippen molar-refractivity contribution in [1.29, 1.82) is 0 Å². The molecule has 1 heterocycles. The molecular formula is C9H16O2. The lowest BCUT2D eigenvalue weighted by Gasteiger charge is -2.45. The lowest BCUT2D eigenvalue weighted by Crippen LogP contribution is -2.48. The fraction of sp³-hybridized carbons (Fsp3) is 1.00. The highest BCUT2D eigenvalue weighted by Gasteiger charge is 2.42. The minimum Gasteiger partial charge on any atom is -0.350 e. The quantitative estimate of drug-likeness (QED) is 0.577. The first-order valence-electron chi connectivity index (χ1n) is 4.62. The molecule has 0 radical (unpaired) electrons. The van der Waals surface area contributed by atoms with Crippen LogP contribution in [0.15, 0.2) is 0 Å². The van der Waals surface area contributed by atoms with Gasteiger partial charge in [-0.2, -0.15) is 0 Å². The summed E-state index contributed by atoms with van der Waals surface area (Å²) in [4.78, 5) is 0. The van der Waals surface area contributed by atoms with E-state index in [0.29, 0.717) is 5.92 Å². The largest absolute Gasteiger partial charge is 0.350 e. The molecule has 2 aliphatic rings. The second-order valence-electron chi connectivity index (χ2n) is 3.66. The van der Waals surface area contributed by atoms with Crippen LogP contribution < -0.4 is 0 Å². The molecule has 0 atom stereocenters. The maximum absolute atomic E-state index is 5.68. The van der Waals surface area contributed by atoms with Crippen LogP contribution in [0.4, 0.5) is 0 Å². The molecule has 0 aromatic rings. The molecule has 0 bridgehead atoms. The van der Waals surface area contributed by atoms with E-state index in [-0.39, 0.29) is 5.79 Å². The molecule has 1 spiro atoms. The summed E-state index contributed by atoms with van der Waals surface area (Å²) in [5.41, 5.74) is 0. The van der Waals surface area contributed by atoms with Crippen LogP contribution >= 0.6 is 0 Å². The van der Waals surface area contributed by atoms with E-state index in [1.807, 2.05) is 0 Å². The summed E-state index contributed by atoms with van der Waals surface area (Å²) in [6.07, 6.45) is 4.68. The fourth-order valence-corrected chi connectivity index (χ4v) is 1.62. The van der Waals surface area contributed by atoms with Crippen molar-refractivity contribution in [2.75, 3.05) is 13.2 Å². The summed E-state index contributed by atoms with van der Waals surface area (Å²) in [5, 5.41) is 0. The molecular weight excluding hydrogens is 140 g/mol. The zero-order chi connectivity index (χ0) is 7.73. The number of hydrogen-bond donors (Lipinski definition) is 0. The molecule has 2 fully saturated rings. The van der Waals surface area contributed by atoms with Crippen molar-refractivity contribution < 1.29 is 9.47 Å². The molecule has 0 aromatic heterocycles. The third-order valence-electron chi connectivity index (χ3n) is 2.86. The minimum absolute atomic E-state index is 0.119. The second kappa shape index (κ2) is 2.76. The van der Waals surface area contributed by atoms with Crippen molar-refractivity contribution in [3.05, 3.63) is 0 Å². The number of hydrogen-bond acceptors (Lipinski definition) is 2. The van der Waals surface area contributed by atoms with Crippen LogP contribution in [0.5, 0.6) is 0 Å². The van der Waals surface area contributed by atoms with Crippen molar-refractivity contribution in [2.24, 2.45) is 5.92 Å². The Morgan fingerprint density at radius 2 is 1.91 bits per heavy atom. The van der Waals surface area contributed by atoms with Crippen molar-refractivity contribution in [3.63, 3.8) is 0 Å². The molecule has 1 saturated carbocycles. The van der Waals surface area contributed by atoms with E-state index >= 15 is 0 Å². The fourth-order valence-electron chi connectivity index (χ4n) is 1.62. The number of rotatable bonds is 1. The molecule has 2 rings (SSSR count). The van der Waals surface area contributed by atoms with E-state index in [9.17, 15) is 0 Å². The Balaban J connectivity index is 1.84. The second-order valence-corrected chi connectivity index (χ2v) is 3.66. The van der Waals surface area contributed by atoms with Gasteiger partial charge in [-0.25, -0.2) is 0 Å². The van der Waals surface area contributed by atoms with Crippen LogP contribution in [0.2, 0.25) is 0 Å². The Morgan fingerprint density at radius 3 is 2.27 bits per heavy atom. The minimum atomic E-state index is -0.119. The van der Waals surface area contributed by atoms with Gasteiger partial charge in [0.05, 0.1) is 13.2 Å². The molecule has 0 amide bonds. The van der Waals surface area contributed by atoms with E-state index in [1.165, 1.54) is 12.8 Å². The van der Waals surface area contributed by atoms with Gasteiger partial charge in [0.2, 0.25) is 0 Å². The average Bonchev–Trinajstić information content (AvgIpc) is 2.02. The molecule has 0 unspecified atom stereocenters. The van der Waals surface area contributed by atoms with Gasteiger partial charge in [-0.15, -0.1) is 0 Å². The molecule has 2 nitrogen and oxygen atoms in total. The molecule has 64 valence electrons. The Bertz CT molecular complexity index is 130. The first kappa shape index (κ1) is 7.56.